The second-order valence-corrected chi connectivity index (χ2v) is 8.40. The van der Waals surface area contributed by atoms with Gasteiger partial charge in [0.15, 0.2) is 0 Å². The van der Waals surface area contributed by atoms with Crippen molar-refractivity contribution < 1.29 is 9.32 Å². The zero-order chi connectivity index (χ0) is 9.45. The third-order valence-corrected chi connectivity index (χ3v) is 6.30. The zero-order valence-electron chi connectivity index (χ0n) is 6.86. The molecule has 0 aliphatic carbocycles. The number of hydrogen-bond acceptors (Lipinski definition) is 4. The molecule has 0 heterocycles. The average Bonchev–Trinajstić information content (AvgIpc) is 2.02. The number of amides is 1. The van der Waals surface area contributed by atoms with Crippen LogP contribution in [0.4, 0.5) is 0 Å². The summed E-state index contributed by atoms with van der Waals surface area (Å²) in [5.74, 6) is 0.693. The topological polar surface area (TPSA) is 38.3 Å². The molecule has 0 aromatic carbocycles. The molecular formula is C6H12NO2PS2. The molecule has 0 saturated carbocycles. The van der Waals surface area contributed by atoms with Gasteiger partial charge in [0.2, 0.25) is 12.0 Å². The fourth-order valence-corrected chi connectivity index (χ4v) is 4.28. The molecule has 0 aromatic rings. The van der Waals surface area contributed by atoms with E-state index in [4.69, 9.17) is 16.3 Å². The van der Waals surface area contributed by atoms with Crippen LogP contribution in [0.15, 0.2) is 12.7 Å². The molecule has 1 unspecified atom stereocenters. The fraction of sp³-hybridized carbons (Fsp3) is 0.500. The van der Waals surface area contributed by atoms with Crippen LogP contribution in [0.3, 0.4) is 0 Å². The maximum atomic E-state index is 10.2. The lowest BCUT2D eigenvalue weighted by molar-refractivity contribution is -0.108. The Kier molecular flexibility index (Phi) is 6.76. The molecule has 0 rings (SSSR count). The van der Waals surface area contributed by atoms with Gasteiger partial charge in [-0.3, -0.25) is 4.79 Å². The molecule has 70 valence electrons. The highest BCUT2D eigenvalue weighted by atomic mass is 32.9. The van der Waals surface area contributed by atoms with E-state index in [9.17, 15) is 4.79 Å². The molecule has 1 N–H and O–H groups in total. The van der Waals surface area contributed by atoms with Crippen LogP contribution >= 0.6 is 17.0 Å². The maximum Gasteiger partial charge on any atom is 0.213 e. The van der Waals surface area contributed by atoms with Crippen LogP contribution in [0.1, 0.15) is 6.92 Å². The molecule has 1 atom stereocenters. The van der Waals surface area contributed by atoms with Gasteiger partial charge in [0.25, 0.3) is 0 Å². The minimum atomic E-state index is -2.18. The van der Waals surface area contributed by atoms with E-state index in [1.165, 1.54) is 11.4 Å². The summed E-state index contributed by atoms with van der Waals surface area (Å²) in [7, 11) is 0. The Morgan fingerprint density at radius 2 is 2.50 bits per heavy atom. The molecule has 0 radical (unpaired) electrons. The molecular weight excluding hydrogens is 213 g/mol. The van der Waals surface area contributed by atoms with Gasteiger partial charge in [-0.15, -0.1) is 6.58 Å². The minimum absolute atomic E-state index is 0.516. The molecule has 1 amide bonds. The van der Waals surface area contributed by atoms with Crippen LogP contribution in [0.25, 0.3) is 0 Å². The minimum Gasteiger partial charge on any atom is -0.327 e. The molecule has 0 spiro atoms. The smallest absolute Gasteiger partial charge is 0.213 e. The molecule has 12 heavy (non-hydrogen) atoms. The lowest BCUT2D eigenvalue weighted by atomic mass is 10.8. The van der Waals surface area contributed by atoms with Gasteiger partial charge in [-0.2, -0.15) is 0 Å². The number of hydrogen-bond donors (Lipinski definition) is 1. The first-order chi connectivity index (χ1) is 5.68. The predicted octanol–water partition coefficient (Wildman–Crippen LogP) is 1.91. The van der Waals surface area contributed by atoms with Gasteiger partial charge in [0.05, 0.1) is 6.61 Å². The second kappa shape index (κ2) is 6.66. The normalized spacial score (nSPS) is 14.8. The predicted molar refractivity (Wildman–Crippen MR) is 57.8 cm³/mol. The van der Waals surface area contributed by atoms with E-state index >= 15 is 0 Å². The first-order valence-electron chi connectivity index (χ1n) is 3.40. The lowest BCUT2D eigenvalue weighted by Crippen LogP contribution is -2.07. The van der Waals surface area contributed by atoms with Crippen molar-refractivity contribution >= 4 is 35.2 Å². The Bertz CT molecular complexity index is 198. The van der Waals surface area contributed by atoms with Crippen LogP contribution < -0.4 is 5.09 Å². The molecule has 3 nitrogen and oxygen atoms in total. The summed E-state index contributed by atoms with van der Waals surface area (Å²) in [6.45, 7) is 5.93. The SMILES string of the molecule is C=CCSP(=S)(NC=O)OCC. The number of carbonyl (C=O) groups is 1. The Labute approximate surface area is 81.8 Å². The van der Waals surface area contributed by atoms with Crippen LogP contribution in [-0.4, -0.2) is 18.8 Å². The summed E-state index contributed by atoms with van der Waals surface area (Å²) >= 11 is 6.54. The van der Waals surface area contributed by atoms with Crippen molar-refractivity contribution in [3.63, 3.8) is 0 Å². The first-order valence-corrected chi connectivity index (χ1v) is 7.71. The van der Waals surface area contributed by atoms with Crippen molar-refractivity contribution in [3.05, 3.63) is 12.7 Å². The second-order valence-electron chi connectivity index (χ2n) is 1.75. The Hall–Kier alpha value is 0.170. The van der Waals surface area contributed by atoms with E-state index in [0.717, 1.165) is 0 Å². The molecule has 0 aliphatic heterocycles. The van der Waals surface area contributed by atoms with Crippen molar-refractivity contribution in [3.8, 4) is 0 Å². The fourth-order valence-electron chi connectivity index (χ4n) is 0.497. The lowest BCUT2D eigenvalue weighted by Gasteiger charge is -2.18. The van der Waals surface area contributed by atoms with Gasteiger partial charge in [-0.05, 0) is 18.7 Å². The van der Waals surface area contributed by atoms with Gasteiger partial charge in [-0.1, -0.05) is 17.5 Å². The third kappa shape index (κ3) is 4.93. The van der Waals surface area contributed by atoms with Gasteiger partial charge in [0.1, 0.15) is 0 Å². The quantitative estimate of drug-likeness (QED) is 0.408. The number of carbonyl (C=O) groups excluding carboxylic acids is 1. The van der Waals surface area contributed by atoms with Crippen molar-refractivity contribution in [2.45, 2.75) is 6.92 Å². The molecule has 0 fully saturated rings. The average molecular weight is 225 g/mol. The van der Waals surface area contributed by atoms with E-state index < -0.39 is 5.62 Å². The summed E-state index contributed by atoms with van der Waals surface area (Å²) in [4.78, 5) is 10.2. The Morgan fingerprint density at radius 1 is 1.83 bits per heavy atom. The molecule has 0 aromatic heterocycles. The standard InChI is InChI=1S/C6H12NO2PS2/c1-3-5-12-10(11,7-6-8)9-4-2/h3,6H,1,4-5H2,2H3,(H,7,8,11). The molecule has 0 bridgehead atoms. The van der Waals surface area contributed by atoms with E-state index in [-0.39, 0.29) is 0 Å². The monoisotopic (exact) mass is 225 g/mol. The highest BCUT2D eigenvalue weighted by Gasteiger charge is 2.15. The Balaban J connectivity index is 4.07. The van der Waals surface area contributed by atoms with E-state index in [1.54, 1.807) is 6.08 Å². The Morgan fingerprint density at radius 3 is 2.92 bits per heavy atom. The van der Waals surface area contributed by atoms with Crippen molar-refractivity contribution in [2.75, 3.05) is 12.4 Å². The molecule has 0 saturated heterocycles. The van der Waals surface area contributed by atoms with Crippen molar-refractivity contribution in [1.82, 2.24) is 5.09 Å². The van der Waals surface area contributed by atoms with Crippen LogP contribution in [-0.2, 0) is 21.1 Å². The highest BCUT2D eigenvalue weighted by molar-refractivity contribution is 8.68. The molecule has 6 heteroatoms. The van der Waals surface area contributed by atoms with Crippen LogP contribution in [0, 0.1) is 0 Å². The van der Waals surface area contributed by atoms with Crippen molar-refractivity contribution in [2.24, 2.45) is 0 Å². The summed E-state index contributed by atoms with van der Waals surface area (Å²) < 4.78 is 5.27. The third-order valence-electron chi connectivity index (χ3n) is 0.872. The summed E-state index contributed by atoms with van der Waals surface area (Å²) in [6.07, 6.45) is 2.32. The van der Waals surface area contributed by atoms with E-state index in [1.807, 2.05) is 6.92 Å². The summed E-state index contributed by atoms with van der Waals surface area (Å²) in [5, 5.41) is 2.53. The van der Waals surface area contributed by atoms with E-state index in [0.29, 0.717) is 18.8 Å². The van der Waals surface area contributed by atoms with Gasteiger partial charge in [-0.25, -0.2) is 0 Å². The maximum absolute atomic E-state index is 10.2. The molecule has 0 aliphatic rings. The largest absolute Gasteiger partial charge is 0.327 e. The number of rotatable bonds is 7. The van der Waals surface area contributed by atoms with E-state index in [2.05, 4.69) is 11.7 Å². The number of nitrogens with one attached hydrogen (secondary N) is 1. The van der Waals surface area contributed by atoms with Gasteiger partial charge in [0, 0.05) is 5.75 Å². The van der Waals surface area contributed by atoms with Crippen molar-refractivity contribution in [1.29, 1.82) is 0 Å². The van der Waals surface area contributed by atoms with Gasteiger partial charge < -0.3 is 9.61 Å². The zero-order valence-corrected chi connectivity index (χ0v) is 9.38. The highest BCUT2D eigenvalue weighted by Crippen LogP contribution is 2.55. The van der Waals surface area contributed by atoms with Crippen LogP contribution in [0.2, 0.25) is 0 Å². The van der Waals surface area contributed by atoms with Gasteiger partial charge >= 0.3 is 0 Å². The summed E-state index contributed by atoms with van der Waals surface area (Å²) in [5.41, 5.74) is -2.18. The summed E-state index contributed by atoms with van der Waals surface area (Å²) in [6, 6.07) is 0. The first kappa shape index (κ1) is 12.2. The van der Waals surface area contributed by atoms with Crippen LogP contribution in [0.5, 0.6) is 0 Å².